The van der Waals surface area contributed by atoms with E-state index in [-0.39, 0.29) is 24.5 Å². The molecule has 0 aromatic heterocycles. The highest BCUT2D eigenvalue weighted by atomic mass is 16.7. The van der Waals surface area contributed by atoms with Crippen LogP contribution in [-0.2, 0) is 0 Å². The van der Waals surface area contributed by atoms with Crippen LogP contribution in [0.4, 0.5) is 0 Å². The Hall–Kier alpha value is -2.95. The van der Waals surface area contributed by atoms with E-state index < -0.39 is 5.60 Å². The van der Waals surface area contributed by atoms with Crippen molar-refractivity contribution in [2.75, 3.05) is 6.79 Å². The largest absolute Gasteiger partial charge is 0.454 e. The quantitative estimate of drug-likeness (QED) is 0.777. The average Bonchev–Trinajstić information content (AvgIpc) is 3.37. The second-order valence-electron chi connectivity index (χ2n) is 7.97. The van der Waals surface area contributed by atoms with Crippen molar-refractivity contribution in [3.63, 3.8) is 0 Å². The molecule has 1 aliphatic carbocycles. The minimum absolute atomic E-state index is 0.0288. The number of fused-ring (bicyclic) bond motifs is 1. The Morgan fingerprint density at radius 1 is 1.17 bits per heavy atom. The molecule has 0 radical (unpaired) electrons. The van der Waals surface area contributed by atoms with Crippen LogP contribution in [0.1, 0.15) is 49.7 Å². The van der Waals surface area contributed by atoms with Gasteiger partial charge in [-0.3, -0.25) is 0 Å². The SMILES string of the molecule is CC(c1ccccc1)C(CC#N)C1CCCC1(O)C#Cc1ccc2c(c1)OCO2. The van der Waals surface area contributed by atoms with E-state index >= 15 is 0 Å². The van der Waals surface area contributed by atoms with Crippen LogP contribution in [0.15, 0.2) is 48.5 Å². The molecule has 1 saturated carbocycles. The Balaban J connectivity index is 1.60. The van der Waals surface area contributed by atoms with Crippen LogP contribution < -0.4 is 9.47 Å². The first-order valence-corrected chi connectivity index (χ1v) is 10.2. The monoisotopic (exact) mass is 387 g/mol. The highest BCUT2D eigenvalue weighted by molar-refractivity contribution is 5.50. The van der Waals surface area contributed by atoms with Crippen molar-refractivity contribution < 1.29 is 14.6 Å². The van der Waals surface area contributed by atoms with Gasteiger partial charge in [0, 0.05) is 17.9 Å². The number of benzene rings is 2. The molecule has 1 heterocycles. The lowest BCUT2D eigenvalue weighted by atomic mass is 9.71. The van der Waals surface area contributed by atoms with Crippen molar-refractivity contribution in [3.05, 3.63) is 59.7 Å². The Labute approximate surface area is 172 Å². The summed E-state index contributed by atoms with van der Waals surface area (Å²) in [4.78, 5) is 0. The first kappa shape index (κ1) is 19.4. The maximum atomic E-state index is 11.5. The van der Waals surface area contributed by atoms with Gasteiger partial charge in [-0.25, -0.2) is 0 Å². The van der Waals surface area contributed by atoms with E-state index in [2.05, 4.69) is 37.0 Å². The number of nitrogens with zero attached hydrogens (tertiary/aromatic N) is 1. The second-order valence-corrected chi connectivity index (χ2v) is 7.97. The molecule has 0 bridgehead atoms. The standard InChI is InChI=1S/C25H25NO3/c1-18(20-6-3-2-4-7-20)21(12-15-26)22-8-5-13-25(22,27)14-11-19-9-10-23-24(16-19)29-17-28-23/h2-4,6-7,9-10,16,18,21-22,27H,5,8,12-13,17H2,1H3. The number of rotatable bonds is 4. The van der Waals surface area contributed by atoms with Crippen LogP contribution in [0.2, 0.25) is 0 Å². The first-order chi connectivity index (χ1) is 14.1. The number of hydrogen-bond acceptors (Lipinski definition) is 4. The Morgan fingerprint density at radius 3 is 2.76 bits per heavy atom. The van der Waals surface area contributed by atoms with E-state index in [1.165, 1.54) is 5.56 Å². The lowest BCUT2D eigenvalue weighted by Crippen LogP contribution is -2.38. The molecule has 4 heteroatoms. The zero-order chi connectivity index (χ0) is 20.3. The zero-order valence-corrected chi connectivity index (χ0v) is 16.6. The van der Waals surface area contributed by atoms with E-state index in [0.29, 0.717) is 18.6 Å². The molecular formula is C25H25NO3. The predicted molar refractivity (Wildman–Crippen MR) is 110 cm³/mol. The second kappa shape index (κ2) is 8.19. The fourth-order valence-electron chi connectivity index (χ4n) is 4.67. The third-order valence-electron chi connectivity index (χ3n) is 6.29. The summed E-state index contributed by atoms with van der Waals surface area (Å²) in [5.41, 5.74) is 0.910. The summed E-state index contributed by atoms with van der Waals surface area (Å²) in [7, 11) is 0. The molecule has 2 aromatic carbocycles. The van der Waals surface area contributed by atoms with Gasteiger partial charge in [-0.2, -0.15) is 5.26 Å². The van der Waals surface area contributed by atoms with E-state index in [9.17, 15) is 10.4 Å². The van der Waals surface area contributed by atoms with Crippen molar-refractivity contribution in [1.29, 1.82) is 5.26 Å². The van der Waals surface area contributed by atoms with Crippen LogP contribution in [0.25, 0.3) is 0 Å². The molecule has 2 aliphatic rings. The number of nitriles is 1. The third kappa shape index (κ3) is 3.95. The summed E-state index contributed by atoms with van der Waals surface area (Å²) in [5.74, 6) is 7.92. The molecule has 148 valence electrons. The molecule has 0 spiro atoms. The van der Waals surface area contributed by atoms with Gasteiger partial charge in [0.15, 0.2) is 11.5 Å². The summed E-state index contributed by atoms with van der Waals surface area (Å²) < 4.78 is 10.8. The van der Waals surface area contributed by atoms with Crippen molar-refractivity contribution >= 4 is 0 Å². The van der Waals surface area contributed by atoms with E-state index in [0.717, 1.165) is 24.2 Å². The van der Waals surface area contributed by atoms with Gasteiger partial charge in [0.2, 0.25) is 6.79 Å². The maximum absolute atomic E-state index is 11.5. The number of aliphatic hydroxyl groups is 1. The minimum Gasteiger partial charge on any atom is -0.454 e. The number of ether oxygens (including phenoxy) is 2. The summed E-state index contributed by atoms with van der Waals surface area (Å²) in [6.45, 7) is 2.38. The van der Waals surface area contributed by atoms with Crippen LogP contribution in [0.3, 0.4) is 0 Å². The van der Waals surface area contributed by atoms with E-state index in [1.54, 1.807) is 0 Å². The lowest BCUT2D eigenvalue weighted by molar-refractivity contribution is 0.0279. The molecule has 29 heavy (non-hydrogen) atoms. The van der Waals surface area contributed by atoms with Gasteiger partial charge in [-0.1, -0.05) is 49.1 Å². The Bertz CT molecular complexity index is 969. The molecule has 1 N–H and O–H groups in total. The van der Waals surface area contributed by atoms with Gasteiger partial charge >= 0.3 is 0 Å². The van der Waals surface area contributed by atoms with Gasteiger partial charge in [-0.15, -0.1) is 0 Å². The summed E-state index contributed by atoms with van der Waals surface area (Å²) in [6, 6.07) is 18.2. The van der Waals surface area contributed by atoms with Gasteiger partial charge in [-0.05, 0) is 54.9 Å². The summed E-state index contributed by atoms with van der Waals surface area (Å²) >= 11 is 0. The molecule has 4 nitrogen and oxygen atoms in total. The fourth-order valence-corrected chi connectivity index (χ4v) is 4.67. The molecule has 2 aromatic rings. The van der Waals surface area contributed by atoms with Gasteiger partial charge < -0.3 is 14.6 Å². The van der Waals surface area contributed by atoms with Gasteiger partial charge in [0.25, 0.3) is 0 Å². The maximum Gasteiger partial charge on any atom is 0.231 e. The van der Waals surface area contributed by atoms with E-state index in [1.807, 2.05) is 36.4 Å². The highest BCUT2D eigenvalue weighted by Gasteiger charge is 2.45. The predicted octanol–water partition coefficient (Wildman–Crippen LogP) is 4.63. The molecular weight excluding hydrogens is 362 g/mol. The molecule has 1 fully saturated rings. The fraction of sp³-hybridized carbons (Fsp3) is 0.400. The molecule has 4 unspecified atom stereocenters. The normalized spacial score (nSPS) is 24.2. The van der Waals surface area contributed by atoms with Crippen LogP contribution >= 0.6 is 0 Å². The van der Waals surface area contributed by atoms with Crippen molar-refractivity contribution in [3.8, 4) is 29.4 Å². The van der Waals surface area contributed by atoms with Crippen molar-refractivity contribution in [1.82, 2.24) is 0 Å². The van der Waals surface area contributed by atoms with Gasteiger partial charge in [0.05, 0.1) is 6.07 Å². The Morgan fingerprint density at radius 2 is 1.97 bits per heavy atom. The highest BCUT2D eigenvalue weighted by Crippen LogP contribution is 2.46. The lowest BCUT2D eigenvalue weighted by Gasteiger charge is -2.35. The van der Waals surface area contributed by atoms with Gasteiger partial charge in [0.1, 0.15) is 5.60 Å². The third-order valence-corrected chi connectivity index (χ3v) is 6.29. The Kier molecular flexibility index (Phi) is 5.47. The van der Waals surface area contributed by atoms with E-state index in [4.69, 9.17) is 9.47 Å². The summed E-state index contributed by atoms with van der Waals surface area (Å²) in [6.07, 6.45) is 2.85. The molecule has 0 saturated heterocycles. The molecule has 0 amide bonds. The molecule has 4 rings (SSSR count). The van der Waals surface area contributed by atoms with Crippen LogP contribution in [0.5, 0.6) is 11.5 Å². The van der Waals surface area contributed by atoms with Crippen LogP contribution in [-0.4, -0.2) is 17.5 Å². The van der Waals surface area contributed by atoms with Crippen LogP contribution in [0, 0.1) is 35.0 Å². The zero-order valence-electron chi connectivity index (χ0n) is 16.6. The topological polar surface area (TPSA) is 62.5 Å². The molecule has 1 aliphatic heterocycles. The van der Waals surface area contributed by atoms with Crippen molar-refractivity contribution in [2.45, 2.75) is 44.1 Å². The first-order valence-electron chi connectivity index (χ1n) is 10.2. The molecule has 4 atom stereocenters. The average molecular weight is 387 g/mol. The number of hydrogen-bond donors (Lipinski definition) is 1. The minimum atomic E-state index is -1.08. The summed E-state index contributed by atoms with van der Waals surface area (Å²) in [5, 5.41) is 20.9. The smallest absolute Gasteiger partial charge is 0.231 e. The van der Waals surface area contributed by atoms with Crippen molar-refractivity contribution in [2.24, 2.45) is 11.8 Å².